The molecule has 4 aromatic rings. The number of halogens is 8. The van der Waals surface area contributed by atoms with E-state index in [9.17, 15) is 47.5 Å². The molecule has 3 aromatic carbocycles. The molecule has 0 radical (unpaired) electrons. The molecule has 0 unspecified atom stereocenters. The number of aromatic nitrogens is 3. The lowest BCUT2D eigenvalue weighted by Crippen LogP contribution is -2.31. The van der Waals surface area contributed by atoms with Crippen LogP contribution in [0.25, 0.3) is 17.1 Å². The number of carbonyl (C=O) groups excluding carboxylic acids is 2. The van der Waals surface area contributed by atoms with Crippen molar-refractivity contribution in [2.24, 2.45) is 4.99 Å². The van der Waals surface area contributed by atoms with E-state index in [0.29, 0.717) is 5.56 Å². The Bertz CT molecular complexity index is 2030. The van der Waals surface area contributed by atoms with Gasteiger partial charge in [0.05, 0.1) is 41.4 Å². The number of nitrogens with one attached hydrogen (secondary N) is 1. The van der Waals surface area contributed by atoms with Crippen molar-refractivity contribution in [1.29, 1.82) is 5.26 Å². The third-order valence-corrected chi connectivity index (χ3v) is 8.73. The average molecular weight is 732 g/mol. The molecule has 1 aliphatic heterocycles. The van der Waals surface area contributed by atoms with E-state index in [4.69, 9.17) is 4.74 Å². The van der Waals surface area contributed by atoms with Crippen molar-refractivity contribution in [2.45, 2.75) is 24.4 Å². The number of aliphatic imine (C=N–C) groups is 1. The van der Waals surface area contributed by atoms with Gasteiger partial charge in [-0.05, 0) is 67.1 Å². The van der Waals surface area contributed by atoms with Crippen LogP contribution in [-0.2, 0) is 4.79 Å². The van der Waals surface area contributed by atoms with E-state index in [0.717, 1.165) is 39.8 Å². The number of amidine groups is 1. The molecular weight excluding hydrogens is 710 g/mol. The number of anilines is 2. The van der Waals surface area contributed by atoms with E-state index < -0.39 is 46.3 Å². The maximum atomic E-state index is 13.0. The monoisotopic (exact) mass is 731 g/mol. The summed E-state index contributed by atoms with van der Waals surface area (Å²) in [5.41, 5.74) is 0.913. The Morgan fingerprint density at radius 1 is 1.08 bits per heavy atom. The van der Waals surface area contributed by atoms with E-state index in [-0.39, 0.29) is 62.8 Å². The summed E-state index contributed by atoms with van der Waals surface area (Å²) in [4.78, 5) is 32.7. The van der Waals surface area contributed by atoms with Crippen molar-refractivity contribution < 1.29 is 46.9 Å². The van der Waals surface area contributed by atoms with Crippen LogP contribution in [0.1, 0.15) is 17.5 Å². The smallest absolute Gasteiger partial charge is 0.392 e. The Kier molecular flexibility index (Phi) is 8.66. The number of thioether (sulfide) groups is 1. The number of nitriles is 1. The van der Waals surface area contributed by atoms with E-state index in [1.807, 2.05) is 6.07 Å². The van der Waals surface area contributed by atoms with Crippen molar-refractivity contribution in [2.75, 3.05) is 22.6 Å². The van der Waals surface area contributed by atoms with Crippen molar-refractivity contribution in [3.05, 3.63) is 78.1 Å². The second-order valence-electron chi connectivity index (χ2n) is 10.4. The summed E-state index contributed by atoms with van der Waals surface area (Å²) in [6, 6.07) is 11.5. The number of hydrogen-bond acceptors (Lipinski definition) is 7. The first-order valence-corrected chi connectivity index (χ1v) is 16.6. The molecule has 49 heavy (non-hydrogen) atoms. The molecule has 1 aliphatic rings. The number of alkyl halides is 3. The lowest BCUT2D eigenvalue weighted by atomic mass is 10.1. The minimum Gasteiger partial charge on any atom is -0.491 e. The molecule has 0 saturated carbocycles. The summed E-state index contributed by atoms with van der Waals surface area (Å²) >= 11 is 0.902. The second kappa shape index (κ2) is 12.1. The average Bonchev–Trinajstić information content (AvgIpc) is 3.63. The highest BCUT2D eigenvalue weighted by Gasteiger charge is 2.65. The fourth-order valence-corrected chi connectivity index (χ4v) is 5.88. The Morgan fingerprint density at radius 3 is 2.45 bits per heavy atom. The molecule has 1 saturated heterocycles. The van der Waals surface area contributed by atoms with Gasteiger partial charge in [0.1, 0.15) is 23.0 Å². The number of amides is 3. The molecule has 5 rings (SSSR count). The van der Waals surface area contributed by atoms with Gasteiger partial charge in [-0.2, -0.15) is 23.4 Å². The predicted octanol–water partition coefficient (Wildman–Crippen LogP) is 8.77. The van der Waals surface area contributed by atoms with Crippen LogP contribution in [0.3, 0.4) is 0 Å². The third-order valence-electron chi connectivity index (χ3n) is 6.64. The first-order valence-electron chi connectivity index (χ1n) is 13.7. The van der Waals surface area contributed by atoms with Gasteiger partial charge >= 0.3 is 22.4 Å². The summed E-state index contributed by atoms with van der Waals surface area (Å²) in [6.45, 7) is 0.980. The summed E-state index contributed by atoms with van der Waals surface area (Å²) in [5.74, 6) is -0.653. The number of nitrogens with zero attached hydrogens (tertiary/aromatic N) is 6. The number of ether oxygens (including phenoxy) is 1. The van der Waals surface area contributed by atoms with Crippen LogP contribution >= 0.6 is 22.0 Å². The van der Waals surface area contributed by atoms with E-state index >= 15 is 0 Å². The summed E-state index contributed by atoms with van der Waals surface area (Å²) in [7, 11) is -9.86. The van der Waals surface area contributed by atoms with Gasteiger partial charge in [-0.3, -0.25) is 9.69 Å². The highest BCUT2D eigenvalue weighted by molar-refractivity contribution is 8.45. The van der Waals surface area contributed by atoms with Gasteiger partial charge in [0.15, 0.2) is 11.0 Å². The summed E-state index contributed by atoms with van der Waals surface area (Å²) < 4.78 is 110. The summed E-state index contributed by atoms with van der Waals surface area (Å²) in [5, 5.41) is 16.2. The minimum absolute atomic E-state index is 0.000723. The molecule has 258 valence electrons. The van der Waals surface area contributed by atoms with Crippen molar-refractivity contribution >= 4 is 50.5 Å². The molecule has 0 bridgehead atoms. The Hall–Kier alpha value is -5.16. The van der Waals surface area contributed by atoms with Crippen molar-refractivity contribution in [3.63, 3.8) is 0 Å². The lowest BCUT2D eigenvalue weighted by molar-refractivity contribution is -0.139. The van der Waals surface area contributed by atoms with Crippen molar-refractivity contribution in [3.8, 4) is 28.9 Å². The number of urea groups is 1. The van der Waals surface area contributed by atoms with Gasteiger partial charge in [-0.25, -0.2) is 14.5 Å². The summed E-state index contributed by atoms with van der Waals surface area (Å²) in [6.07, 6.45) is -4.57. The van der Waals surface area contributed by atoms with E-state index in [1.54, 1.807) is 13.0 Å². The molecule has 10 nitrogen and oxygen atoms in total. The van der Waals surface area contributed by atoms with Gasteiger partial charge in [-0.1, -0.05) is 37.3 Å². The van der Waals surface area contributed by atoms with Crippen LogP contribution in [-0.4, -0.2) is 50.4 Å². The van der Waals surface area contributed by atoms with E-state index in [1.165, 1.54) is 30.3 Å². The first-order chi connectivity index (χ1) is 22.7. The molecular formula is C29H21F8N7O3S2. The number of rotatable bonds is 8. The minimum atomic E-state index is -9.86. The molecule has 2 heterocycles. The molecule has 1 N–H and O–H groups in total. The molecule has 20 heteroatoms. The molecule has 1 fully saturated rings. The molecule has 0 atom stereocenters. The van der Waals surface area contributed by atoms with Gasteiger partial charge in [0.25, 0.3) is 0 Å². The Balaban J connectivity index is 1.34. The number of hydrogen-bond donors (Lipinski definition) is 1. The molecule has 1 aromatic heterocycles. The maximum Gasteiger partial charge on any atom is 0.392 e. The first kappa shape index (κ1) is 35.2. The molecule has 0 aliphatic carbocycles. The van der Waals surface area contributed by atoms with Gasteiger partial charge in [-0.15, -0.1) is 5.10 Å². The number of carbonyl (C=O) groups is 2. The SMILES string of the molecule is Cc1ccc(OCCC(F)(F)F)c(N2C(=O)CSC2=NC(=O)Nc2ccc(-c3ncn(-c4ccc(S(F)(F)(F)(F)F)cc4)n3)cc2C#N)c1. The molecule has 3 amide bonds. The quantitative estimate of drug-likeness (QED) is 0.180. The fraction of sp³-hybridized carbons (Fsp3) is 0.172. The van der Waals surface area contributed by atoms with Crippen LogP contribution in [0.5, 0.6) is 5.75 Å². The van der Waals surface area contributed by atoms with Crippen LogP contribution in [0.15, 0.2) is 76.9 Å². The zero-order chi connectivity index (χ0) is 35.8. The van der Waals surface area contributed by atoms with Crippen LogP contribution in [0.2, 0.25) is 0 Å². The fourth-order valence-electron chi connectivity index (χ4n) is 4.37. The normalized spacial score (nSPS) is 15.9. The van der Waals surface area contributed by atoms with Gasteiger partial charge in [0.2, 0.25) is 5.91 Å². The highest BCUT2D eigenvalue weighted by atomic mass is 32.5. The van der Waals surface area contributed by atoms with Crippen LogP contribution in [0, 0.1) is 18.3 Å². The Morgan fingerprint density at radius 2 is 1.80 bits per heavy atom. The third kappa shape index (κ3) is 8.47. The highest BCUT2D eigenvalue weighted by Crippen LogP contribution is 3.02. The topological polar surface area (TPSA) is 126 Å². The zero-order valence-electron chi connectivity index (χ0n) is 24.7. The number of aryl methyl sites for hydroxylation is 1. The zero-order valence-corrected chi connectivity index (χ0v) is 26.4. The number of benzene rings is 3. The van der Waals surface area contributed by atoms with Gasteiger partial charge in [0, 0.05) is 5.56 Å². The Labute approximate surface area is 276 Å². The van der Waals surface area contributed by atoms with Gasteiger partial charge < -0.3 is 10.1 Å². The molecule has 0 spiro atoms. The standard InChI is InChI=1S/C29H21F8N7O3S2/c1-17-2-9-24(47-11-10-29(30,31)32)23(12-17)44-25(45)15-48-28(44)41-27(46)40-22-8-3-18(13-19(22)14-38)26-39-16-43(42-26)20-4-6-21(7-5-20)49(33,34,35,36)37/h2-9,12-13,16H,10-11,15H2,1H3,(H,40,46). The lowest BCUT2D eigenvalue weighted by Gasteiger charge is -2.40. The second-order valence-corrected chi connectivity index (χ2v) is 13.7. The van der Waals surface area contributed by atoms with Crippen molar-refractivity contribution in [1.82, 2.24) is 14.8 Å². The maximum absolute atomic E-state index is 13.0. The predicted molar refractivity (Wildman–Crippen MR) is 167 cm³/mol. The van der Waals surface area contributed by atoms with E-state index in [2.05, 4.69) is 20.4 Å². The van der Waals surface area contributed by atoms with Crippen LogP contribution in [0.4, 0.5) is 48.8 Å². The van der Waals surface area contributed by atoms with Crippen LogP contribution < -0.4 is 15.0 Å². The largest absolute Gasteiger partial charge is 0.491 e.